The number of nitrogens with two attached hydrogens (primary N) is 2. The second kappa shape index (κ2) is 9.18. The summed E-state index contributed by atoms with van der Waals surface area (Å²) < 4.78 is 4.63. The van der Waals surface area contributed by atoms with E-state index in [1.807, 2.05) is 0 Å². The largest absolute Gasteiger partial charge is 0.480 e. The summed E-state index contributed by atoms with van der Waals surface area (Å²) in [5.74, 6) is 1.07. The molecular formula is C9H14N2O4S2. The molecule has 0 radical (unpaired) electrons. The van der Waals surface area contributed by atoms with Gasteiger partial charge in [0, 0.05) is 11.5 Å². The normalized spacial score (nSPS) is 13.5. The minimum atomic E-state index is -1.06. The van der Waals surface area contributed by atoms with E-state index in [0.717, 1.165) is 0 Å². The van der Waals surface area contributed by atoms with E-state index >= 15 is 0 Å². The molecule has 5 N–H and O–H groups in total. The second-order valence-electron chi connectivity index (χ2n) is 2.93. The van der Waals surface area contributed by atoms with E-state index in [2.05, 4.69) is 10.7 Å². The average molecular weight is 278 g/mol. The van der Waals surface area contributed by atoms with Gasteiger partial charge in [-0.05, 0) is 0 Å². The van der Waals surface area contributed by atoms with Crippen LogP contribution in [0.25, 0.3) is 0 Å². The maximum atomic E-state index is 11.2. The molecule has 0 fully saturated rings. The van der Waals surface area contributed by atoms with Crippen molar-refractivity contribution < 1.29 is 19.4 Å². The maximum Gasteiger partial charge on any atom is 0.324 e. The van der Waals surface area contributed by atoms with E-state index in [1.165, 1.54) is 21.6 Å². The standard InChI is InChI=1S/C9H14N2O4S2/c1-2-3-15-9(14)7(11)5-17-16-4-6(10)8(12)13/h1,6-7H,3-5,10-11H2,(H,12,13)/t6-,7+/m1/s1. The lowest BCUT2D eigenvalue weighted by Crippen LogP contribution is -2.35. The van der Waals surface area contributed by atoms with Crippen molar-refractivity contribution in [3.05, 3.63) is 0 Å². The first-order chi connectivity index (χ1) is 7.99. The molecule has 0 heterocycles. The van der Waals surface area contributed by atoms with Crippen molar-refractivity contribution in [2.45, 2.75) is 12.1 Å². The molecule has 0 aromatic heterocycles. The Bertz CT molecular complexity index is 306. The fraction of sp³-hybridized carbons (Fsp3) is 0.556. The van der Waals surface area contributed by atoms with Gasteiger partial charge in [-0.15, -0.1) is 6.42 Å². The summed E-state index contributed by atoms with van der Waals surface area (Å²) in [5.41, 5.74) is 10.8. The smallest absolute Gasteiger partial charge is 0.324 e. The number of rotatable bonds is 8. The quantitative estimate of drug-likeness (QED) is 0.231. The number of carboxylic acid groups (broad SMARTS) is 1. The van der Waals surface area contributed by atoms with Crippen LogP contribution in [0.2, 0.25) is 0 Å². The van der Waals surface area contributed by atoms with Crippen LogP contribution >= 0.6 is 21.6 Å². The number of ether oxygens (including phenoxy) is 1. The van der Waals surface area contributed by atoms with Gasteiger partial charge in [0.25, 0.3) is 0 Å². The second-order valence-corrected chi connectivity index (χ2v) is 5.48. The van der Waals surface area contributed by atoms with Crippen LogP contribution < -0.4 is 11.5 Å². The first kappa shape index (κ1) is 16.1. The molecule has 0 saturated carbocycles. The Hall–Kier alpha value is -0.880. The third-order valence-electron chi connectivity index (χ3n) is 1.50. The van der Waals surface area contributed by atoms with Gasteiger partial charge in [-0.3, -0.25) is 9.59 Å². The van der Waals surface area contributed by atoms with E-state index in [1.54, 1.807) is 0 Å². The molecule has 2 atom stereocenters. The minimum absolute atomic E-state index is 0.103. The SMILES string of the molecule is C#CCOC(=O)[C@@H](N)CSSC[C@@H](N)C(=O)O. The van der Waals surface area contributed by atoms with Crippen LogP contribution in [0.4, 0.5) is 0 Å². The number of carboxylic acids is 1. The minimum Gasteiger partial charge on any atom is -0.480 e. The van der Waals surface area contributed by atoms with Crippen LogP contribution in [0.15, 0.2) is 0 Å². The van der Waals surface area contributed by atoms with E-state index in [0.29, 0.717) is 5.75 Å². The summed E-state index contributed by atoms with van der Waals surface area (Å²) in [6.45, 7) is -0.103. The molecule has 0 aliphatic heterocycles. The first-order valence-corrected chi connectivity index (χ1v) is 7.06. The Morgan fingerprint density at radius 3 is 2.29 bits per heavy atom. The molecule has 6 nitrogen and oxygen atoms in total. The Morgan fingerprint density at radius 2 is 1.82 bits per heavy atom. The van der Waals surface area contributed by atoms with Crippen LogP contribution in [0.1, 0.15) is 0 Å². The van der Waals surface area contributed by atoms with E-state index < -0.39 is 24.0 Å². The van der Waals surface area contributed by atoms with Gasteiger partial charge in [-0.1, -0.05) is 27.5 Å². The number of aliphatic carboxylic acids is 1. The van der Waals surface area contributed by atoms with Crippen LogP contribution in [0, 0.1) is 12.3 Å². The van der Waals surface area contributed by atoms with Crippen LogP contribution in [-0.4, -0.2) is 47.2 Å². The highest BCUT2D eigenvalue weighted by molar-refractivity contribution is 8.76. The molecule has 0 saturated heterocycles. The monoisotopic (exact) mass is 278 g/mol. The zero-order valence-electron chi connectivity index (χ0n) is 9.00. The number of hydrogen-bond acceptors (Lipinski definition) is 7. The van der Waals surface area contributed by atoms with Gasteiger partial charge >= 0.3 is 11.9 Å². The zero-order valence-corrected chi connectivity index (χ0v) is 10.6. The van der Waals surface area contributed by atoms with Crippen LogP contribution in [0.5, 0.6) is 0 Å². The Kier molecular flexibility index (Phi) is 8.71. The lowest BCUT2D eigenvalue weighted by molar-refractivity contribution is -0.143. The van der Waals surface area contributed by atoms with Gasteiger partial charge in [0.15, 0.2) is 6.61 Å². The summed E-state index contributed by atoms with van der Waals surface area (Å²) >= 11 is 0. The van der Waals surface area contributed by atoms with Crippen molar-refractivity contribution in [3.63, 3.8) is 0 Å². The summed E-state index contributed by atoms with van der Waals surface area (Å²) in [4.78, 5) is 21.5. The van der Waals surface area contributed by atoms with Gasteiger partial charge in [-0.25, -0.2) is 0 Å². The lowest BCUT2D eigenvalue weighted by atomic mass is 10.4. The summed E-state index contributed by atoms with van der Waals surface area (Å²) in [5, 5.41) is 8.51. The summed E-state index contributed by atoms with van der Waals surface area (Å²) in [6, 6.07) is -1.70. The molecule has 0 spiro atoms. The van der Waals surface area contributed by atoms with Crippen LogP contribution in [0.3, 0.4) is 0 Å². The highest BCUT2D eigenvalue weighted by Gasteiger charge is 2.16. The lowest BCUT2D eigenvalue weighted by Gasteiger charge is -2.10. The van der Waals surface area contributed by atoms with Crippen LogP contribution in [-0.2, 0) is 14.3 Å². The predicted octanol–water partition coefficient (Wildman–Crippen LogP) is -0.717. The number of carbonyl (C=O) groups is 2. The molecule has 0 aromatic rings. The van der Waals surface area contributed by atoms with E-state index in [9.17, 15) is 9.59 Å². The topological polar surface area (TPSA) is 116 Å². The Labute approximate surface area is 107 Å². The van der Waals surface area contributed by atoms with Gasteiger partial charge in [-0.2, -0.15) is 0 Å². The fourth-order valence-corrected chi connectivity index (χ4v) is 2.82. The highest BCUT2D eigenvalue weighted by Crippen LogP contribution is 2.22. The number of hydrogen-bond donors (Lipinski definition) is 3. The van der Waals surface area contributed by atoms with Gasteiger partial charge in [0.1, 0.15) is 12.1 Å². The predicted molar refractivity (Wildman–Crippen MR) is 68.3 cm³/mol. The zero-order chi connectivity index (χ0) is 13.3. The first-order valence-electron chi connectivity index (χ1n) is 4.57. The number of carbonyl (C=O) groups excluding carboxylic acids is 1. The number of esters is 1. The molecule has 0 rings (SSSR count). The molecule has 8 heteroatoms. The molecule has 96 valence electrons. The Balaban J connectivity index is 3.64. The molecule has 0 aliphatic rings. The molecule has 0 amide bonds. The number of terminal acetylenes is 1. The Morgan fingerprint density at radius 1 is 1.29 bits per heavy atom. The molecule has 0 aliphatic carbocycles. The van der Waals surface area contributed by atoms with Crippen molar-refractivity contribution in [2.75, 3.05) is 18.1 Å². The maximum absolute atomic E-state index is 11.2. The van der Waals surface area contributed by atoms with E-state index in [4.69, 9.17) is 23.0 Å². The molecule has 0 unspecified atom stereocenters. The molecule has 0 bridgehead atoms. The van der Waals surface area contributed by atoms with Crippen molar-refractivity contribution in [3.8, 4) is 12.3 Å². The van der Waals surface area contributed by atoms with Crippen molar-refractivity contribution >= 4 is 33.5 Å². The van der Waals surface area contributed by atoms with Crippen molar-refractivity contribution in [1.29, 1.82) is 0 Å². The highest BCUT2D eigenvalue weighted by atomic mass is 33.1. The molecular weight excluding hydrogens is 264 g/mol. The van der Waals surface area contributed by atoms with Crippen molar-refractivity contribution in [2.24, 2.45) is 11.5 Å². The van der Waals surface area contributed by atoms with Crippen molar-refractivity contribution in [1.82, 2.24) is 0 Å². The van der Waals surface area contributed by atoms with E-state index in [-0.39, 0.29) is 12.4 Å². The third-order valence-corrected chi connectivity index (χ3v) is 3.97. The third kappa shape index (κ3) is 7.93. The summed E-state index contributed by atoms with van der Waals surface area (Å²) in [7, 11) is 2.51. The fourth-order valence-electron chi connectivity index (χ4n) is 0.602. The molecule has 17 heavy (non-hydrogen) atoms. The molecule has 0 aromatic carbocycles. The average Bonchev–Trinajstić information content (AvgIpc) is 2.30. The van der Waals surface area contributed by atoms with Gasteiger partial charge in [0.05, 0.1) is 0 Å². The summed E-state index contributed by atoms with van der Waals surface area (Å²) in [6.07, 6.45) is 4.91. The van der Waals surface area contributed by atoms with Gasteiger partial charge < -0.3 is 21.3 Å². The van der Waals surface area contributed by atoms with Gasteiger partial charge in [0.2, 0.25) is 0 Å².